The Morgan fingerprint density at radius 2 is 2.04 bits per heavy atom. The van der Waals surface area contributed by atoms with Gasteiger partial charge in [-0.3, -0.25) is 9.78 Å². The summed E-state index contributed by atoms with van der Waals surface area (Å²) in [7, 11) is -1.06. The minimum absolute atomic E-state index is 0.0159. The molecule has 0 aromatic carbocycles. The standard InChI is InChI=1S/C18H22N4O3S/c1-22(10-6-14-4-8-19-9-5-14)17-3-2-15(12-20-17)18(23)21-16-7-11-26(24,25)13-16/h2-5,8-9,12,16H,6-7,10-11,13H2,1H3,(H,21,23). The average molecular weight is 374 g/mol. The molecule has 1 amide bonds. The fraction of sp³-hybridized carbons (Fsp3) is 0.389. The summed E-state index contributed by atoms with van der Waals surface area (Å²) in [6.45, 7) is 0.794. The lowest BCUT2D eigenvalue weighted by Gasteiger charge is -2.18. The van der Waals surface area contributed by atoms with Crippen molar-refractivity contribution in [1.29, 1.82) is 0 Å². The zero-order valence-electron chi connectivity index (χ0n) is 14.6. The summed E-state index contributed by atoms with van der Waals surface area (Å²) >= 11 is 0. The van der Waals surface area contributed by atoms with E-state index in [0.717, 1.165) is 18.8 Å². The Hall–Kier alpha value is -2.48. The van der Waals surface area contributed by atoms with Crippen LogP contribution in [0.5, 0.6) is 0 Å². The van der Waals surface area contributed by atoms with Gasteiger partial charge in [-0.1, -0.05) is 0 Å². The van der Waals surface area contributed by atoms with Crippen LogP contribution in [0, 0.1) is 0 Å². The van der Waals surface area contributed by atoms with E-state index in [9.17, 15) is 13.2 Å². The van der Waals surface area contributed by atoms with Gasteiger partial charge in [0, 0.05) is 38.2 Å². The number of likely N-dealkylation sites (N-methyl/N-ethyl adjacent to an activating group) is 1. The summed E-state index contributed by atoms with van der Waals surface area (Å²) in [4.78, 5) is 22.6. The van der Waals surface area contributed by atoms with Crippen molar-refractivity contribution in [2.24, 2.45) is 0 Å². The Morgan fingerprint density at radius 3 is 2.65 bits per heavy atom. The van der Waals surface area contributed by atoms with Crippen LogP contribution >= 0.6 is 0 Å². The third-order valence-electron chi connectivity index (χ3n) is 4.45. The molecule has 0 spiro atoms. The van der Waals surface area contributed by atoms with Crippen LogP contribution in [0.1, 0.15) is 22.3 Å². The SMILES string of the molecule is CN(CCc1ccncc1)c1ccc(C(=O)NC2CCS(=O)(=O)C2)cn1. The molecule has 3 heterocycles. The summed E-state index contributed by atoms with van der Waals surface area (Å²) < 4.78 is 22.9. The maximum Gasteiger partial charge on any atom is 0.253 e. The van der Waals surface area contributed by atoms with Gasteiger partial charge in [0.2, 0.25) is 0 Å². The summed E-state index contributed by atoms with van der Waals surface area (Å²) in [5, 5.41) is 2.77. The van der Waals surface area contributed by atoms with Crippen LogP contribution in [0.25, 0.3) is 0 Å². The van der Waals surface area contributed by atoms with E-state index in [1.165, 1.54) is 11.8 Å². The lowest BCUT2D eigenvalue weighted by molar-refractivity contribution is 0.0941. The van der Waals surface area contributed by atoms with Gasteiger partial charge in [-0.25, -0.2) is 13.4 Å². The minimum Gasteiger partial charge on any atom is -0.359 e. The maximum absolute atomic E-state index is 12.2. The highest BCUT2D eigenvalue weighted by molar-refractivity contribution is 7.91. The molecule has 0 bridgehead atoms. The third-order valence-corrected chi connectivity index (χ3v) is 6.22. The summed E-state index contributed by atoms with van der Waals surface area (Å²) in [6, 6.07) is 7.17. The summed E-state index contributed by atoms with van der Waals surface area (Å²) in [5.74, 6) is 0.643. The molecule has 26 heavy (non-hydrogen) atoms. The Kier molecular flexibility index (Phi) is 5.51. The molecule has 0 saturated carbocycles. The molecule has 0 aliphatic carbocycles. The number of nitrogens with zero attached hydrogens (tertiary/aromatic N) is 3. The number of nitrogens with one attached hydrogen (secondary N) is 1. The third kappa shape index (κ3) is 4.78. The van der Waals surface area contributed by atoms with Crippen LogP contribution in [0.2, 0.25) is 0 Å². The Labute approximate surface area is 153 Å². The largest absolute Gasteiger partial charge is 0.359 e. The molecular formula is C18H22N4O3S. The first-order chi connectivity index (χ1) is 12.4. The highest BCUT2D eigenvalue weighted by Crippen LogP contribution is 2.14. The molecule has 1 fully saturated rings. The van der Waals surface area contributed by atoms with Gasteiger partial charge in [0.05, 0.1) is 17.1 Å². The van der Waals surface area contributed by atoms with Crippen LogP contribution in [-0.4, -0.2) is 55.4 Å². The first-order valence-corrected chi connectivity index (χ1v) is 10.3. The number of pyridine rings is 2. The molecule has 1 aliphatic rings. The van der Waals surface area contributed by atoms with Crippen molar-refractivity contribution in [1.82, 2.24) is 15.3 Å². The van der Waals surface area contributed by atoms with E-state index in [2.05, 4.69) is 15.3 Å². The molecule has 1 aliphatic heterocycles. The van der Waals surface area contributed by atoms with Crippen molar-refractivity contribution < 1.29 is 13.2 Å². The number of rotatable bonds is 6. The van der Waals surface area contributed by atoms with Crippen LogP contribution in [0.15, 0.2) is 42.9 Å². The van der Waals surface area contributed by atoms with Gasteiger partial charge in [0.25, 0.3) is 5.91 Å². The van der Waals surface area contributed by atoms with E-state index in [1.807, 2.05) is 24.1 Å². The lowest BCUT2D eigenvalue weighted by Crippen LogP contribution is -2.35. The molecule has 0 radical (unpaired) electrons. The monoisotopic (exact) mass is 374 g/mol. The first-order valence-electron chi connectivity index (χ1n) is 8.50. The number of hydrogen-bond acceptors (Lipinski definition) is 6. The number of carbonyl (C=O) groups is 1. The van der Waals surface area contributed by atoms with Gasteiger partial charge in [-0.2, -0.15) is 0 Å². The molecule has 1 atom stereocenters. The van der Waals surface area contributed by atoms with E-state index in [1.54, 1.807) is 24.5 Å². The Morgan fingerprint density at radius 1 is 1.27 bits per heavy atom. The van der Waals surface area contributed by atoms with Crippen molar-refractivity contribution in [3.63, 3.8) is 0 Å². The molecule has 3 rings (SSSR count). The predicted octanol–water partition coefficient (Wildman–Crippen LogP) is 1.07. The van der Waals surface area contributed by atoms with E-state index >= 15 is 0 Å². The highest BCUT2D eigenvalue weighted by atomic mass is 32.2. The second-order valence-corrected chi connectivity index (χ2v) is 8.73. The van der Waals surface area contributed by atoms with Crippen molar-refractivity contribution in [2.45, 2.75) is 18.9 Å². The molecule has 2 aromatic heterocycles. The van der Waals surface area contributed by atoms with Crippen molar-refractivity contribution in [2.75, 3.05) is 30.0 Å². The Balaban J connectivity index is 1.55. The first kappa shape index (κ1) is 18.3. The fourth-order valence-corrected chi connectivity index (χ4v) is 4.56. The number of sulfone groups is 1. The van der Waals surface area contributed by atoms with E-state index < -0.39 is 9.84 Å². The molecule has 138 valence electrons. The molecule has 7 nitrogen and oxygen atoms in total. The summed E-state index contributed by atoms with van der Waals surface area (Å²) in [5.41, 5.74) is 1.63. The molecule has 1 saturated heterocycles. The second kappa shape index (κ2) is 7.82. The van der Waals surface area contributed by atoms with Gasteiger partial charge < -0.3 is 10.2 Å². The van der Waals surface area contributed by atoms with Gasteiger partial charge in [-0.05, 0) is 42.7 Å². The summed E-state index contributed by atoms with van der Waals surface area (Å²) in [6.07, 6.45) is 6.42. The number of anilines is 1. The quantitative estimate of drug-likeness (QED) is 0.813. The van der Waals surface area contributed by atoms with E-state index in [4.69, 9.17) is 0 Å². The van der Waals surface area contributed by atoms with E-state index in [-0.39, 0.29) is 23.5 Å². The van der Waals surface area contributed by atoms with Crippen LogP contribution < -0.4 is 10.2 Å². The smallest absolute Gasteiger partial charge is 0.253 e. The highest BCUT2D eigenvalue weighted by Gasteiger charge is 2.29. The van der Waals surface area contributed by atoms with Crippen molar-refractivity contribution in [3.05, 3.63) is 54.0 Å². The maximum atomic E-state index is 12.2. The predicted molar refractivity (Wildman–Crippen MR) is 100.0 cm³/mol. The van der Waals surface area contributed by atoms with Gasteiger partial charge in [0.1, 0.15) is 5.82 Å². The molecular weight excluding hydrogens is 352 g/mol. The Bertz CT molecular complexity index is 854. The molecule has 2 aromatic rings. The number of amides is 1. The fourth-order valence-electron chi connectivity index (χ4n) is 2.88. The number of aromatic nitrogens is 2. The lowest BCUT2D eigenvalue weighted by atomic mass is 10.2. The average Bonchev–Trinajstić information content (AvgIpc) is 2.99. The minimum atomic E-state index is -3.01. The van der Waals surface area contributed by atoms with Crippen LogP contribution in [0.3, 0.4) is 0 Å². The number of carbonyl (C=O) groups excluding carboxylic acids is 1. The molecule has 1 N–H and O–H groups in total. The zero-order valence-corrected chi connectivity index (χ0v) is 15.4. The second-order valence-electron chi connectivity index (χ2n) is 6.51. The topological polar surface area (TPSA) is 92.3 Å². The molecule has 8 heteroatoms. The van der Waals surface area contributed by atoms with E-state index in [0.29, 0.717) is 12.0 Å². The van der Waals surface area contributed by atoms with Gasteiger partial charge >= 0.3 is 0 Å². The normalized spacial score (nSPS) is 18.4. The van der Waals surface area contributed by atoms with Crippen LogP contribution in [-0.2, 0) is 16.3 Å². The van der Waals surface area contributed by atoms with Crippen molar-refractivity contribution in [3.8, 4) is 0 Å². The van der Waals surface area contributed by atoms with Gasteiger partial charge in [0.15, 0.2) is 9.84 Å². The van der Waals surface area contributed by atoms with Crippen LogP contribution in [0.4, 0.5) is 5.82 Å². The van der Waals surface area contributed by atoms with Gasteiger partial charge in [-0.15, -0.1) is 0 Å². The van der Waals surface area contributed by atoms with Crippen molar-refractivity contribution >= 4 is 21.6 Å². The molecule has 1 unspecified atom stereocenters. The number of hydrogen-bond donors (Lipinski definition) is 1. The zero-order chi connectivity index (χ0) is 18.6.